The number of hydrogen-bond acceptors (Lipinski definition) is 3. The van der Waals surface area contributed by atoms with E-state index in [0.717, 1.165) is 33.9 Å². The third-order valence-electron chi connectivity index (χ3n) is 5.86. The summed E-state index contributed by atoms with van der Waals surface area (Å²) in [6.45, 7) is 7.76. The SMILES string of the molecule is [C-]#[N+]c1ccc(-c2cc3n(c2)Cc2cc(N4CC(=O)NC4=O)ccc2-n2ccnc2-3)cc1. The highest BCUT2D eigenvalue weighted by Gasteiger charge is 2.29. The first-order chi connectivity index (χ1) is 15.6. The van der Waals surface area contributed by atoms with E-state index in [2.05, 4.69) is 32.0 Å². The van der Waals surface area contributed by atoms with Crippen molar-refractivity contribution in [1.82, 2.24) is 19.4 Å². The van der Waals surface area contributed by atoms with Crippen molar-refractivity contribution in [3.05, 3.63) is 84.1 Å². The smallest absolute Gasteiger partial charge is 0.329 e. The van der Waals surface area contributed by atoms with Crippen LogP contribution in [0.4, 0.5) is 16.2 Å². The minimum absolute atomic E-state index is 0.0213. The monoisotopic (exact) mass is 420 g/mol. The summed E-state index contributed by atoms with van der Waals surface area (Å²) in [5.41, 5.74) is 6.32. The first-order valence-electron chi connectivity index (χ1n) is 10.1. The van der Waals surface area contributed by atoms with Crippen molar-refractivity contribution in [3.8, 4) is 28.3 Å². The zero-order valence-corrected chi connectivity index (χ0v) is 16.8. The van der Waals surface area contributed by atoms with Crippen molar-refractivity contribution in [1.29, 1.82) is 0 Å². The number of imidazole rings is 1. The Morgan fingerprint density at radius 2 is 1.84 bits per heavy atom. The first kappa shape index (κ1) is 18.2. The minimum atomic E-state index is -0.404. The third-order valence-corrected chi connectivity index (χ3v) is 5.86. The molecule has 2 aromatic carbocycles. The number of carbonyl (C=O) groups is 2. The molecule has 0 saturated carbocycles. The fourth-order valence-corrected chi connectivity index (χ4v) is 4.34. The van der Waals surface area contributed by atoms with Crippen LogP contribution in [0.25, 0.3) is 33.2 Å². The van der Waals surface area contributed by atoms with E-state index in [4.69, 9.17) is 6.57 Å². The maximum absolute atomic E-state index is 12.1. The van der Waals surface area contributed by atoms with E-state index in [1.165, 1.54) is 4.90 Å². The zero-order valence-electron chi connectivity index (χ0n) is 16.8. The number of anilines is 1. The van der Waals surface area contributed by atoms with Gasteiger partial charge in [-0.1, -0.05) is 24.3 Å². The van der Waals surface area contributed by atoms with Gasteiger partial charge in [-0.25, -0.2) is 14.6 Å². The van der Waals surface area contributed by atoms with Crippen LogP contribution in [-0.4, -0.2) is 32.6 Å². The molecule has 2 aliphatic rings. The molecule has 1 saturated heterocycles. The van der Waals surface area contributed by atoms with Crippen LogP contribution in [0.15, 0.2) is 67.1 Å². The highest BCUT2D eigenvalue weighted by Crippen LogP contribution is 2.35. The molecule has 6 rings (SSSR count). The molecule has 154 valence electrons. The maximum Gasteiger partial charge on any atom is 0.329 e. The van der Waals surface area contributed by atoms with Crippen LogP contribution in [-0.2, 0) is 11.3 Å². The van der Waals surface area contributed by atoms with Gasteiger partial charge in [0, 0.05) is 36.4 Å². The van der Waals surface area contributed by atoms with E-state index in [1.54, 1.807) is 6.20 Å². The zero-order chi connectivity index (χ0) is 21.8. The number of imide groups is 1. The Morgan fingerprint density at radius 1 is 1.00 bits per heavy atom. The Hall–Kier alpha value is -4.64. The molecule has 32 heavy (non-hydrogen) atoms. The summed E-state index contributed by atoms with van der Waals surface area (Å²) < 4.78 is 4.18. The van der Waals surface area contributed by atoms with Crippen LogP contribution in [0.3, 0.4) is 0 Å². The highest BCUT2D eigenvalue weighted by molar-refractivity contribution is 6.12. The summed E-state index contributed by atoms with van der Waals surface area (Å²) in [7, 11) is 0. The first-order valence-corrected chi connectivity index (χ1v) is 10.1. The van der Waals surface area contributed by atoms with Crippen molar-refractivity contribution in [2.24, 2.45) is 0 Å². The Morgan fingerprint density at radius 3 is 2.59 bits per heavy atom. The van der Waals surface area contributed by atoms with Crippen LogP contribution in [0.5, 0.6) is 0 Å². The van der Waals surface area contributed by atoms with Gasteiger partial charge in [-0.05, 0) is 35.4 Å². The summed E-state index contributed by atoms with van der Waals surface area (Å²) in [5.74, 6) is 0.526. The number of aromatic nitrogens is 3. The van der Waals surface area contributed by atoms with E-state index >= 15 is 0 Å². The van der Waals surface area contributed by atoms with Crippen molar-refractivity contribution < 1.29 is 9.59 Å². The standard InChI is InChI=1S/C24H16N6O2/c1-25-18-4-2-15(3-5-18)16-11-21-23-26-8-9-29(23)20-7-6-19(10-17(20)13-28(21)12-16)30-14-22(31)27-24(30)32/h2-12H,13-14H2,(H,27,31,32). The minimum Gasteiger partial charge on any atom is -0.340 e. The molecular formula is C24H16N6O2. The second-order valence-corrected chi connectivity index (χ2v) is 7.77. The summed E-state index contributed by atoms with van der Waals surface area (Å²) in [6, 6.07) is 15.0. The molecule has 0 spiro atoms. The van der Waals surface area contributed by atoms with E-state index < -0.39 is 6.03 Å². The summed E-state index contributed by atoms with van der Waals surface area (Å²) in [6.07, 6.45) is 5.77. The second-order valence-electron chi connectivity index (χ2n) is 7.77. The molecular weight excluding hydrogens is 404 g/mol. The number of urea groups is 1. The number of nitrogens with zero attached hydrogens (tertiary/aromatic N) is 5. The third kappa shape index (κ3) is 2.72. The summed E-state index contributed by atoms with van der Waals surface area (Å²) >= 11 is 0. The molecule has 0 aliphatic carbocycles. The molecule has 2 aromatic heterocycles. The quantitative estimate of drug-likeness (QED) is 0.347. The fourth-order valence-electron chi connectivity index (χ4n) is 4.34. The fraction of sp³-hybridized carbons (Fsp3) is 0.0833. The normalized spacial score (nSPS) is 14.3. The van der Waals surface area contributed by atoms with E-state index in [9.17, 15) is 9.59 Å². The van der Waals surface area contributed by atoms with E-state index in [0.29, 0.717) is 17.9 Å². The number of amides is 3. The molecule has 1 N–H and O–H groups in total. The van der Waals surface area contributed by atoms with Crippen molar-refractivity contribution in [2.75, 3.05) is 11.4 Å². The molecule has 3 amide bonds. The van der Waals surface area contributed by atoms with Gasteiger partial charge >= 0.3 is 6.03 Å². The number of benzene rings is 2. The average Bonchev–Trinajstić information content (AvgIpc) is 3.51. The van der Waals surface area contributed by atoms with E-state index in [-0.39, 0.29) is 12.5 Å². The van der Waals surface area contributed by atoms with Crippen LogP contribution in [0.1, 0.15) is 5.56 Å². The van der Waals surface area contributed by atoms with Crippen LogP contribution in [0, 0.1) is 6.57 Å². The van der Waals surface area contributed by atoms with Gasteiger partial charge in [-0.15, -0.1) is 0 Å². The largest absolute Gasteiger partial charge is 0.340 e. The second kappa shape index (κ2) is 6.68. The predicted molar refractivity (Wildman–Crippen MR) is 119 cm³/mol. The molecule has 1 fully saturated rings. The van der Waals surface area contributed by atoms with Crippen molar-refractivity contribution in [3.63, 3.8) is 0 Å². The summed E-state index contributed by atoms with van der Waals surface area (Å²) in [5, 5.41) is 2.32. The Bertz CT molecular complexity index is 1450. The molecule has 4 aromatic rings. The average molecular weight is 420 g/mol. The van der Waals surface area contributed by atoms with Crippen molar-refractivity contribution in [2.45, 2.75) is 6.54 Å². The Kier molecular flexibility index (Phi) is 3.79. The molecule has 0 atom stereocenters. The van der Waals surface area contributed by atoms with Gasteiger partial charge in [0.25, 0.3) is 0 Å². The van der Waals surface area contributed by atoms with Gasteiger partial charge in [-0.2, -0.15) is 0 Å². The number of hydrogen-bond donors (Lipinski definition) is 1. The number of nitrogens with one attached hydrogen (secondary N) is 1. The van der Waals surface area contributed by atoms with Gasteiger partial charge in [0.2, 0.25) is 5.91 Å². The van der Waals surface area contributed by atoms with Gasteiger partial charge in [0.1, 0.15) is 6.54 Å². The van der Waals surface area contributed by atoms with Crippen LogP contribution < -0.4 is 10.2 Å². The number of rotatable bonds is 2. The molecule has 0 bridgehead atoms. The lowest BCUT2D eigenvalue weighted by atomic mass is 10.1. The lowest BCUT2D eigenvalue weighted by Crippen LogP contribution is -2.28. The molecule has 0 radical (unpaired) electrons. The molecule has 2 aliphatic heterocycles. The van der Waals surface area contributed by atoms with Gasteiger partial charge in [0.15, 0.2) is 11.5 Å². The number of fused-ring (bicyclic) bond motifs is 5. The lowest BCUT2D eigenvalue weighted by molar-refractivity contribution is -0.117. The topological polar surface area (TPSA) is 76.5 Å². The predicted octanol–water partition coefficient (Wildman–Crippen LogP) is 3.98. The molecule has 0 unspecified atom stereocenters. The van der Waals surface area contributed by atoms with Gasteiger partial charge in [-0.3, -0.25) is 19.6 Å². The molecule has 4 heterocycles. The van der Waals surface area contributed by atoms with Crippen LogP contribution in [0.2, 0.25) is 0 Å². The Labute approximate surface area is 183 Å². The Balaban J connectivity index is 1.46. The molecule has 8 nitrogen and oxygen atoms in total. The van der Waals surface area contributed by atoms with Crippen LogP contribution >= 0.6 is 0 Å². The lowest BCUT2D eigenvalue weighted by Gasteiger charge is -2.17. The highest BCUT2D eigenvalue weighted by atomic mass is 16.2. The van der Waals surface area contributed by atoms with Crippen molar-refractivity contribution >= 4 is 23.3 Å². The molecule has 8 heteroatoms. The van der Waals surface area contributed by atoms with E-state index in [1.807, 2.05) is 53.2 Å². The summed E-state index contributed by atoms with van der Waals surface area (Å²) in [4.78, 5) is 33.3. The maximum atomic E-state index is 12.1. The van der Waals surface area contributed by atoms with Gasteiger partial charge < -0.3 is 4.57 Å². The number of carbonyl (C=O) groups excluding carboxylic acids is 2. The van der Waals surface area contributed by atoms with Gasteiger partial charge in [0.05, 0.1) is 18.0 Å².